The van der Waals surface area contributed by atoms with Gasteiger partial charge in [-0.3, -0.25) is 9.59 Å². The number of carboxylic acid groups (broad SMARTS) is 1. The Morgan fingerprint density at radius 1 is 1.22 bits per heavy atom. The van der Waals surface area contributed by atoms with Crippen LogP contribution < -0.4 is 0 Å². The van der Waals surface area contributed by atoms with Crippen LogP contribution >= 0.6 is 0 Å². The molecule has 0 aromatic heterocycles. The number of aliphatic carboxylic acids is 1. The SMILES string of the molecule is O=C(O)C=CC1CC(=O)C2CCCCC2C(=O)O1. The van der Waals surface area contributed by atoms with Gasteiger partial charge in [-0.2, -0.15) is 0 Å². The molecule has 18 heavy (non-hydrogen) atoms. The molecule has 2 fully saturated rings. The van der Waals surface area contributed by atoms with Gasteiger partial charge in [-0.05, 0) is 18.9 Å². The molecule has 0 aromatic carbocycles. The molecule has 1 aliphatic carbocycles. The second-order valence-corrected chi connectivity index (χ2v) is 4.84. The number of carbonyl (C=O) groups is 3. The molecule has 3 unspecified atom stereocenters. The molecule has 0 radical (unpaired) electrons. The Morgan fingerprint density at radius 3 is 2.56 bits per heavy atom. The maximum atomic E-state index is 12.0. The summed E-state index contributed by atoms with van der Waals surface area (Å²) >= 11 is 0. The second kappa shape index (κ2) is 5.33. The largest absolute Gasteiger partial charge is 0.478 e. The van der Waals surface area contributed by atoms with E-state index in [1.54, 1.807) is 0 Å². The number of ether oxygens (including phenoxy) is 1. The van der Waals surface area contributed by atoms with E-state index in [1.807, 2.05) is 0 Å². The van der Waals surface area contributed by atoms with E-state index in [-0.39, 0.29) is 30.0 Å². The summed E-state index contributed by atoms with van der Waals surface area (Å²) in [6.07, 6.45) is 4.91. The third-order valence-electron chi connectivity index (χ3n) is 3.61. The maximum Gasteiger partial charge on any atom is 0.328 e. The molecule has 2 aliphatic rings. The third-order valence-corrected chi connectivity index (χ3v) is 3.61. The number of fused-ring (bicyclic) bond motifs is 1. The standard InChI is InChI=1S/C13H16O5/c14-11-7-8(5-6-12(15)16)18-13(17)10-4-2-1-3-9(10)11/h5-6,8-10H,1-4,7H2,(H,15,16). The van der Waals surface area contributed by atoms with Gasteiger partial charge in [-0.1, -0.05) is 12.8 Å². The van der Waals surface area contributed by atoms with Gasteiger partial charge < -0.3 is 9.84 Å². The number of cyclic esters (lactones) is 1. The van der Waals surface area contributed by atoms with Gasteiger partial charge in [-0.25, -0.2) is 4.79 Å². The van der Waals surface area contributed by atoms with Crippen LogP contribution in [-0.4, -0.2) is 28.9 Å². The smallest absolute Gasteiger partial charge is 0.328 e. The molecule has 3 atom stereocenters. The summed E-state index contributed by atoms with van der Waals surface area (Å²) in [7, 11) is 0. The average Bonchev–Trinajstić information content (AvgIpc) is 2.46. The highest BCUT2D eigenvalue weighted by atomic mass is 16.5. The molecule has 1 aliphatic heterocycles. The van der Waals surface area contributed by atoms with Crippen molar-refractivity contribution in [1.29, 1.82) is 0 Å². The van der Waals surface area contributed by atoms with Gasteiger partial charge in [0.15, 0.2) is 0 Å². The van der Waals surface area contributed by atoms with E-state index >= 15 is 0 Å². The quantitative estimate of drug-likeness (QED) is 0.592. The summed E-state index contributed by atoms with van der Waals surface area (Å²) in [4.78, 5) is 34.4. The predicted molar refractivity (Wildman–Crippen MR) is 61.7 cm³/mol. The minimum absolute atomic E-state index is 0.0191. The third kappa shape index (κ3) is 2.78. The van der Waals surface area contributed by atoms with Crippen molar-refractivity contribution in [2.45, 2.75) is 38.2 Å². The zero-order valence-corrected chi connectivity index (χ0v) is 10.0. The molecule has 5 nitrogen and oxygen atoms in total. The number of esters is 1. The molecule has 0 amide bonds. The van der Waals surface area contributed by atoms with E-state index in [9.17, 15) is 14.4 Å². The molecule has 98 valence electrons. The lowest BCUT2D eigenvalue weighted by atomic mass is 9.76. The number of hydrogen-bond donors (Lipinski definition) is 1. The lowest BCUT2D eigenvalue weighted by Gasteiger charge is -2.25. The Hall–Kier alpha value is -1.65. The Morgan fingerprint density at radius 2 is 1.89 bits per heavy atom. The topological polar surface area (TPSA) is 80.7 Å². The van der Waals surface area contributed by atoms with Crippen LogP contribution in [-0.2, 0) is 19.1 Å². The van der Waals surface area contributed by atoms with Gasteiger partial charge in [0.1, 0.15) is 11.9 Å². The summed E-state index contributed by atoms with van der Waals surface area (Å²) in [5.41, 5.74) is 0. The number of carboxylic acids is 1. The zero-order chi connectivity index (χ0) is 13.1. The van der Waals surface area contributed by atoms with E-state index in [2.05, 4.69) is 0 Å². The first-order chi connectivity index (χ1) is 8.58. The fraction of sp³-hybridized carbons (Fsp3) is 0.615. The van der Waals surface area contributed by atoms with Gasteiger partial charge in [0, 0.05) is 18.4 Å². The van der Waals surface area contributed by atoms with Crippen molar-refractivity contribution in [3.05, 3.63) is 12.2 Å². The van der Waals surface area contributed by atoms with Gasteiger partial charge in [0.05, 0.1) is 5.92 Å². The van der Waals surface area contributed by atoms with Gasteiger partial charge in [0.2, 0.25) is 0 Å². The lowest BCUT2D eigenvalue weighted by Crippen LogP contribution is -2.30. The molecular weight excluding hydrogens is 236 g/mol. The molecule has 0 spiro atoms. The highest BCUT2D eigenvalue weighted by Gasteiger charge is 2.40. The second-order valence-electron chi connectivity index (χ2n) is 4.84. The van der Waals surface area contributed by atoms with Gasteiger partial charge in [-0.15, -0.1) is 0 Å². The van der Waals surface area contributed by atoms with Crippen molar-refractivity contribution in [3.63, 3.8) is 0 Å². The Balaban J connectivity index is 2.13. The van der Waals surface area contributed by atoms with E-state index in [1.165, 1.54) is 6.08 Å². The number of Topliss-reactive ketones (excluding diaryl/α,β-unsaturated/α-hetero) is 1. The van der Waals surface area contributed by atoms with Crippen molar-refractivity contribution in [2.75, 3.05) is 0 Å². The van der Waals surface area contributed by atoms with Crippen molar-refractivity contribution >= 4 is 17.7 Å². The van der Waals surface area contributed by atoms with E-state index in [0.29, 0.717) is 6.42 Å². The summed E-state index contributed by atoms with van der Waals surface area (Å²) in [6, 6.07) is 0. The minimum Gasteiger partial charge on any atom is -0.478 e. The van der Waals surface area contributed by atoms with Gasteiger partial charge in [0.25, 0.3) is 0 Å². The van der Waals surface area contributed by atoms with Crippen LogP contribution in [0.15, 0.2) is 12.2 Å². The molecule has 1 saturated carbocycles. The van der Waals surface area contributed by atoms with Crippen LogP contribution in [0.5, 0.6) is 0 Å². The fourth-order valence-corrected chi connectivity index (χ4v) is 2.72. The predicted octanol–water partition coefficient (Wildman–Crippen LogP) is 1.32. The van der Waals surface area contributed by atoms with Crippen LogP contribution in [0.3, 0.4) is 0 Å². The van der Waals surface area contributed by atoms with Crippen LogP contribution in [0.1, 0.15) is 32.1 Å². The summed E-state index contributed by atoms with van der Waals surface area (Å²) in [5.74, 6) is -2.00. The highest BCUT2D eigenvalue weighted by Crippen LogP contribution is 2.35. The molecular formula is C13H16O5. The molecule has 1 heterocycles. The van der Waals surface area contributed by atoms with Crippen LogP contribution in [0.25, 0.3) is 0 Å². The molecule has 0 bridgehead atoms. The van der Waals surface area contributed by atoms with Crippen LogP contribution in [0, 0.1) is 11.8 Å². The summed E-state index contributed by atoms with van der Waals surface area (Å²) in [6.45, 7) is 0. The van der Waals surface area contributed by atoms with Crippen LogP contribution in [0.4, 0.5) is 0 Å². The summed E-state index contributed by atoms with van der Waals surface area (Å²) in [5, 5.41) is 8.54. The number of rotatable bonds is 2. The zero-order valence-electron chi connectivity index (χ0n) is 10.0. The molecule has 2 rings (SSSR count). The molecule has 1 N–H and O–H groups in total. The van der Waals surface area contributed by atoms with Crippen molar-refractivity contribution in [2.24, 2.45) is 11.8 Å². The van der Waals surface area contributed by atoms with Crippen molar-refractivity contribution in [3.8, 4) is 0 Å². The fourth-order valence-electron chi connectivity index (χ4n) is 2.72. The number of hydrogen-bond acceptors (Lipinski definition) is 4. The van der Waals surface area contributed by atoms with E-state index in [4.69, 9.17) is 9.84 Å². The maximum absolute atomic E-state index is 12.0. The minimum atomic E-state index is -1.11. The molecule has 1 saturated heterocycles. The van der Waals surface area contributed by atoms with E-state index < -0.39 is 12.1 Å². The number of carbonyl (C=O) groups excluding carboxylic acids is 2. The Kier molecular flexibility index (Phi) is 3.79. The molecule has 0 aromatic rings. The van der Waals surface area contributed by atoms with Crippen molar-refractivity contribution < 1.29 is 24.2 Å². The Bertz CT molecular complexity index is 372. The molecule has 5 heteroatoms. The first-order valence-corrected chi connectivity index (χ1v) is 6.22. The average molecular weight is 252 g/mol. The number of ketones is 1. The highest BCUT2D eigenvalue weighted by molar-refractivity contribution is 5.89. The lowest BCUT2D eigenvalue weighted by molar-refractivity contribution is -0.153. The normalized spacial score (nSPS) is 32.8. The van der Waals surface area contributed by atoms with Gasteiger partial charge >= 0.3 is 11.9 Å². The van der Waals surface area contributed by atoms with Crippen LogP contribution in [0.2, 0.25) is 0 Å². The van der Waals surface area contributed by atoms with E-state index in [0.717, 1.165) is 25.3 Å². The first-order valence-electron chi connectivity index (χ1n) is 6.22. The Labute approximate surface area is 105 Å². The summed E-state index contributed by atoms with van der Waals surface area (Å²) < 4.78 is 5.19. The monoisotopic (exact) mass is 252 g/mol. The first kappa shape index (κ1) is 12.8. The van der Waals surface area contributed by atoms with Crippen molar-refractivity contribution in [1.82, 2.24) is 0 Å².